The molecule has 4 unspecified atom stereocenters. The standard InChI is InChI=1S/C14H23NO/c1-10-6-7-14(12(10)3)15-11(2)9-13-5-4-8-16-13/h4-5,8,10-12,14-15H,6-7,9H2,1-3H3. The number of nitrogens with one attached hydrogen (secondary N) is 1. The third kappa shape index (κ3) is 2.67. The van der Waals surface area contributed by atoms with Gasteiger partial charge in [-0.05, 0) is 43.7 Å². The fourth-order valence-electron chi connectivity index (χ4n) is 2.75. The molecule has 0 amide bonds. The van der Waals surface area contributed by atoms with Gasteiger partial charge in [-0.3, -0.25) is 0 Å². The third-order valence-corrected chi connectivity index (χ3v) is 4.05. The van der Waals surface area contributed by atoms with E-state index in [-0.39, 0.29) is 0 Å². The third-order valence-electron chi connectivity index (χ3n) is 4.05. The minimum Gasteiger partial charge on any atom is -0.469 e. The van der Waals surface area contributed by atoms with Gasteiger partial charge in [-0.15, -0.1) is 0 Å². The molecule has 0 radical (unpaired) electrons. The van der Waals surface area contributed by atoms with Crippen LogP contribution in [0.1, 0.15) is 39.4 Å². The predicted molar refractivity (Wildman–Crippen MR) is 66.4 cm³/mol. The quantitative estimate of drug-likeness (QED) is 0.844. The van der Waals surface area contributed by atoms with Crippen LogP contribution < -0.4 is 5.32 Å². The first-order chi connectivity index (χ1) is 7.66. The van der Waals surface area contributed by atoms with E-state index in [1.165, 1.54) is 12.8 Å². The summed E-state index contributed by atoms with van der Waals surface area (Å²) < 4.78 is 5.38. The Balaban J connectivity index is 1.81. The second-order valence-electron chi connectivity index (χ2n) is 5.37. The van der Waals surface area contributed by atoms with E-state index in [9.17, 15) is 0 Å². The zero-order valence-corrected chi connectivity index (χ0v) is 10.6. The van der Waals surface area contributed by atoms with Crippen LogP contribution in [0.5, 0.6) is 0 Å². The Bertz CT molecular complexity index is 307. The number of hydrogen-bond donors (Lipinski definition) is 1. The summed E-state index contributed by atoms with van der Waals surface area (Å²) in [5.74, 6) is 2.76. The molecule has 2 rings (SSSR count). The molecular weight excluding hydrogens is 198 g/mol. The molecule has 2 nitrogen and oxygen atoms in total. The summed E-state index contributed by atoms with van der Waals surface area (Å²) in [4.78, 5) is 0. The van der Waals surface area contributed by atoms with Crippen molar-refractivity contribution in [3.63, 3.8) is 0 Å². The molecule has 1 heterocycles. The summed E-state index contributed by atoms with van der Waals surface area (Å²) in [6.07, 6.45) is 5.43. The molecule has 0 spiro atoms. The molecule has 2 heteroatoms. The monoisotopic (exact) mass is 221 g/mol. The Kier molecular flexibility index (Phi) is 3.70. The van der Waals surface area contributed by atoms with Gasteiger partial charge < -0.3 is 9.73 Å². The lowest BCUT2D eigenvalue weighted by atomic mass is 9.97. The van der Waals surface area contributed by atoms with Crippen LogP contribution in [0.2, 0.25) is 0 Å². The summed E-state index contributed by atoms with van der Waals surface area (Å²) in [5.41, 5.74) is 0. The average molecular weight is 221 g/mol. The summed E-state index contributed by atoms with van der Waals surface area (Å²) in [5, 5.41) is 3.74. The van der Waals surface area contributed by atoms with E-state index in [0.717, 1.165) is 24.0 Å². The van der Waals surface area contributed by atoms with E-state index in [1.54, 1.807) is 6.26 Å². The molecule has 4 atom stereocenters. The van der Waals surface area contributed by atoms with Gasteiger partial charge in [-0.1, -0.05) is 13.8 Å². The van der Waals surface area contributed by atoms with Crippen LogP contribution >= 0.6 is 0 Å². The van der Waals surface area contributed by atoms with Crippen LogP contribution in [0.15, 0.2) is 22.8 Å². The van der Waals surface area contributed by atoms with Gasteiger partial charge in [0.05, 0.1) is 6.26 Å². The Morgan fingerprint density at radius 3 is 2.81 bits per heavy atom. The van der Waals surface area contributed by atoms with E-state index in [1.807, 2.05) is 6.07 Å². The lowest BCUT2D eigenvalue weighted by Crippen LogP contribution is -2.39. The molecule has 1 aliphatic rings. The highest BCUT2D eigenvalue weighted by molar-refractivity contribution is 5.00. The molecule has 1 N–H and O–H groups in total. The maximum atomic E-state index is 5.38. The lowest BCUT2D eigenvalue weighted by Gasteiger charge is -2.23. The van der Waals surface area contributed by atoms with E-state index < -0.39 is 0 Å². The molecule has 0 saturated heterocycles. The Morgan fingerprint density at radius 1 is 1.44 bits per heavy atom. The van der Waals surface area contributed by atoms with Gasteiger partial charge in [-0.25, -0.2) is 0 Å². The van der Waals surface area contributed by atoms with Gasteiger partial charge in [0.2, 0.25) is 0 Å². The topological polar surface area (TPSA) is 25.2 Å². The second kappa shape index (κ2) is 5.05. The molecule has 1 saturated carbocycles. The van der Waals surface area contributed by atoms with Crippen molar-refractivity contribution in [3.8, 4) is 0 Å². The average Bonchev–Trinajstić information content (AvgIpc) is 2.83. The van der Waals surface area contributed by atoms with Crippen LogP contribution in [0.4, 0.5) is 0 Å². The van der Waals surface area contributed by atoms with E-state index in [4.69, 9.17) is 4.42 Å². The largest absolute Gasteiger partial charge is 0.469 e. The van der Waals surface area contributed by atoms with Gasteiger partial charge in [-0.2, -0.15) is 0 Å². The summed E-state index contributed by atoms with van der Waals surface area (Å²) >= 11 is 0. The van der Waals surface area contributed by atoms with Crippen molar-refractivity contribution in [2.75, 3.05) is 0 Å². The minimum absolute atomic E-state index is 0.504. The molecule has 0 bridgehead atoms. The van der Waals surface area contributed by atoms with Crippen LogP contribution in [0.25, 0.3) is 0 Å². The zero-order chi connectivity index (χ0) is 11.5. The molecule has 0 aliphatic heterocycles. The Labute approximate surface area is 98.4 Å². The van der Waals surface area contributed by atoms with Crippen LogP contribution in [-0.4, -0.2) is 12.1 Å². The number of rotatable bonds is 4. The van der Waals surface area contributed by atoms with Gasteiger partial charge in [0, 0.05) is 18.5 Å². The molecule has 1 aromatic heterocycles. The molecule has 16 heavy (non-hydrogen) atoms. The van der Waals surface area contributed by atoms with Crippen molar-refractivity contribution < 1.29 is 4.42 Å². The van der Waals surface area contributed by atoms with Crippen LogP contribution in [0.3, 0.4) is 0 Å². The molecule has 90 valence electrons. The molecule has 1 fully saturated rings. The van der Waals surface area contributed by atoms with Crippen LogP contribution in [-0.2, 0) is 6.42 Å². The van der Waals surface area contributed by atoms with E-state index in [2.05, 4.69) is 32.2 Å². The van der Waals surface area contributed by atoms with Crippen molar-refractivity contribution in [1.82, 2.24) is 5.32 Å². The van der Waals surface area contributed by atoms with E-state index in [0.29, 0.717) is 12.1 Å². The first-order valence-corrected chi connectivity index (χ1v) is 6.45. The van der Waals surface area contributed by atoms with Crippen LogP contribution in [0, 0.1) is 11.8 Å². The second-order valence-corrected chi connectivity index (χ2v) is 5.37. The predicted octanol–water partition coefficient (Wildman–Crippen LogP) is 3.23. The summed E-state index contributed by atoms with van der Waals surface area (Å²) in [6, 6.07) is 5.21. The fourth-order valence-corrected chi connectivity index (χ4v) is 2.75. The van der Waals surface area contributed by atoms with Crippen molar-refractivity contribution in [3.05, 3.63) is 24.2 Å². The van der Waals surface area contributed by atoms with Gasteiger partial charge in [0.25, 0.3) is 0 Å². The van der Waals surface area contributed by atoms with Crippen molar-refractivity contribution in [2.24, 2.45) is 11.8 Å². The normalized spacial score (nSPS) is 31.8. The number of furan rings is 1. The van der Waals surface area contributed by atoms with E-state index >= 15 is 0 Å². The maximum Gasteiger partial charge on any atom is 0.105 e. The maximum absolute atomic E-state index is 5.38. The Hall–Kier alpha value is -0.760. The highest BCUT2D eigenvalue weighted by Gasteiger charge is 2.30. The van der Waals surface area contributed by atoms with Gasteiger partial charge >= 0.3 is 0 Å². The molecule has 1 aliphatic carbocycles. The van der Waals surface area contributed by atoms with Gasteiger partial charge in [0.1, 0.15) is 5.76 Å². The fraction of sp³-hybridized carbons (Fsp3) is 0.714. The summed E-state index contributed by atoms with van der Waals surface area (Å²) in [7, 11) is 0. The van der Waals surface area contributed by atoms with Crippen molar-refractivity contribution in [2.45, 2.75) is 52.1 Å². The molecular formula is C14H23NO. The summed E-state index contributed by atoms with van der Waals surface area (Å²) in [6.45, 7) is 6.98. The van der Waals surface area contributed by atoms with Crippen molar-refractivity contribution >= 4 is 0 Å². The zero-order valence-electron chi connectivity index (χ0n) is 10.6. The Morgan fingerprint density at radius 2 is 2.25 bits per heavy atom. The SMILES string of the molecule is CC(Cc1ccco1)NC1CCC(C)C1C. The first-order valence-electron chi connectivity index (χ1n) is 6.45. The number of hydrogen-bond acceptors (Lipinski definition) is 2. The minimum atomic E-state index is 0.504. The highest BCUT2D eigenvalue weighted by Crippen LogP contribution is 2.31. The first kappa shape index (κ1) is 11.7. The highest BCUT2D eigenvalue weighted by atomic mass is 16.3. The van der Waals surface area contributed by atoms with Crippen molar-refractivity contribution in [1.29, 1.82) is 0 Å². The lowest BCUT2D eigenvalue weighted by molar-refractivity contribution is 0.335. The smallest absolute Gasteiger partial charge is 0.105 e. The molecule has 0 aromatic carbocycles. The molecule has 1 aromatic rings. The van der Waals surface area contributed by atoms with Gasteiger partial charge in [0.15, 0.2) is 0 Å².